The van der Waals surface area contributed by atoms with Gasteiger partial charge in [0.15, 0.2) is 5.76 Å². The van der Waals surface area contributed by atoms with Crippen molar-refractivity contribution in [2.24, 2.45) is 0 Å². The summed E-state index contributed by atoms with van der Waals surface area (Å²) in [5.74, 6) is 0.806. The molecule has 0 aliphatic rings. The van der Waals surface area contributed by atoms with Gasteiger partial charge in [-0.25, -0.2) is 0 Å². The SMILES string of the molecule is [CH2]CCc1cnno1. The van der Waals surface area contributed by atoms with Crippen LogP contribution < -0.4 is 0 Å². The van der Waals surface area contributed by atoms with Crippen LogP contribution in [0.2, 0.25) is 0 Å². The number of nitrogens with zero attached hydrogens (tertiary/aromatic N) is 2. The van der Waals surface area contributed by atoms with Crippen LogP contribution in [0.15, 0.2) is 10.7 Å². The van der Waals surface area contributed by atoms with E-state index in [1.165, 1.54) is 0 Å². The summed E-state index contributed by atoms with van der Waals surface area (Å²) in [6.07, 6.45) is 3.26. The van der Waals surface area contributed by atoms with Crippen molar-refractivity contribution in [1.29, 1.82) is 0 Å². The largest absolute Gasteiger partial charge is 0.342 e. The highest BCUT2D eigenvalue weighted by molar-refractivity contribution is 4.85. The predicted molar refractivity (Wildman–Crippen MR) is 28.0 cm³/mol. The standard InChI is InChI=1S/C5H7N2O/c1-2-3-5-4-6-7-8-5/h4H,1-3H2. The molecular weight excluding hydrogens is 104 g/mol. The van der Waals surface area contributed by atoms with E-state index in [0.29, 0.717) is 0 Å². The maximum atomic E-state index is 4.67. The molecule has 0 aliphatic carbocycles. The van der Waals surface area contributed by atoms with Crippen LogP contribution in [0, 0.1) is 6.92 Å². The van der Waals surface area contributed by atoms with Crippen LogP contribution in [0.1, 0.15) is 12.2 Å². The van der Waals surface area contributed by atoms with Crippen LogP contribution in [0.25, 0.3) is 0 Å². The van der Waals surface area contributed by atoms with Gasteiger partial charge < -0.3 is 4.52 Å². The molecule has 0 aliphatic heterocycles. The Morgan fingerprint density at radius 1 is 1.75 bits per heavy atom. The average molecular weight is 111 g/mol. The van der Waals surface area contributed by atoms with E-state index in [1.807, 2.05) is 0 Å². The summed E-state index contributed by atoms with van der Waals surface area (Å²) in [6.45, 7) is 3.64. The average Bonchev–Trinajstić information content (AvgIpc) is 2.19. The number of hydrogen-bond donors (Lipinski definition) is 0. The first-order valence-corrected chi connectivity index (χ1v) is 2.49. The van der Waals surface area contributed by atoms with Crippen molar-refractivity contribution in [3.8, 4) is 0 Å². The lowest BCUT2D eigenvalue weighted by Crippen LogP contribution is -1.75. The van der Waals surface area contributed by atoms with Crippen molar-refractivity contribution in [1.82, 2.24) is 10.4 Å². The van der Waals surface area contributed by atoms with Gasteiger partial charge in [0, 0.05) is 11.7 Å². The van der Waals surface area contributed by atoms with Gasteiger partial charge in [-0.05, 0) is 6.42 Å². The van der Waals surface area contributed by atoms with E-state index in [1.54, 1.807) is 6.20 Å². The van der Waals surface area contributed by atoms with Crippen molar-refractivity contribution < 1.29 is 4.52 Å². The molecule has 0 aromatic carbocycles. The summed E-state index contributed by atoms with van der Waals surface area (Å²) in [6, 6.07) is 0. The fraction of sp³-hybridized carbons (Fsp3) is 0.400. The zero-order chi connectivity index (χ0) is 5.82. The van der Waals surface area contributed by atoms with Crippen molar-refractivity contribution in [2.75, 3.05) is 0 Å². The van der Waals surface area contributed by atoms with E-state index in [2.05, 4.69) is 21.8 Å². The van der Waals surface area contributed by atoms with Gasteiger partial charge in [-0.3, -0.25) is 0 Å². The van der Waals surface area contributed by atoms with E-state index >= 15 is 0 Å². The molecule has 0 N–H and O–H groups in total. The lowest BCUT2D eigenvalue weighted by Gasteiger charge is -1.81. The second-order valence-corrected chi connectivity index (χ2v) is 1.49. The second-order valence-electron chi connectivity index (χ2n) is 1.49. The second kappa shape index (κ2) is 2.45. The molecule has 1 radical (unpaired) electrons. The van der Waals surface area contributed by atoms with E-state index in [0.717, 1.165) is 18.6 Å². The Morgan fingerprint density at radius 3 is 3.12 bits per heavy atom. The van der Waals surface area contributed by atoms with Crippen LogP contribution in [-0.4, -0.2) is 10.4 Å². The number of rotatable bonds is 2. The van der Waals surface area contributed by atoms with Gasteiger partial charge in [0.25, 0.3) is 0 Å². The first-order valence-electron chi connectivity index (χ1n) is 2.49. The van der Waals surface area contributed by atoms with Crippen LogP contribution in [0.5, 0.6) is 0 Å². The van der Waals surface area contributed by atoms with Gasteiger partial charge in [0.05, 0.1) is 6.20 Å². The highest BCUT2D eigenvalue weighted by Gasteiger charge is 1.92. The van der Waals surface area contributed by atoms with Gasteiger partial charge in [0.1, 0.15) is 0 Å². The predicted octanol–water partition coefficient (Wildman–Crippen LogP) is 0.836. The fourth-order valence-electron chi connectivity index (χ4n) is 0.472. The third-order valence-electron chi connectivity index (χ3n) is 0.830. The molecular formula is C5H7N2O. The molecule has 0 atom stereocenters. The van der Waals surface area contributed by atoms with Crippen molar-refractivity contribution in [3.05, 3.63) is 18.9 Å². The normalized spacial score (nSPS) is 9.62. The first kappa shape index (κ1) is 5.28. The number of aryl methyl sites for hydroxylation is 1. The molecule has 8 heavy (non-hydrogen) atoms. The quantitative estimate of drug-likeness (QED) is 0.567. The summed E-state index contributed by atoms with van der Waals surface area (Å²) in [5, 5.41) is 6.78. The molecule has 1 rings (SSSR count). The third kappa shape index (κ3) is 1.05. The molecule has 0 fully saturated rings. The molecule has 1 heterocycles. The summed E-state index contributed by atoms with van der Waals surface area (Å²) in [7, 11) is 0. The van der Waals surface area contributed by atoms with Gasteiger partial charge >= 0.3 is 0 Å². The Balaban J connectivity index is 2.50. The molecule has 0 saturated carbocycles. The molecule has 3 heteroatoms. The third-order valence-corrected chi connectivity index (χ3v) is 0.830. The minimum Gasteiger partial charge on any atom is -0.342 e. The van der Waals surface area contributed by atoms with E-state index in [-0.39, 0.29) is 0 Å². The van der Waals surface area contributed by atoms with Crippen molar-refractivity contribution in [2.45, 2.75) is 12.8 Å². The van der Waals surface area contributed by atoms with Gasteiger partial charge in [0.2, 0.25) is 0 Å². The van der Waals surface area contributed by atoms with Gasteiger partial charge in [-0.15, -0.1) is 5.10 Å². The summed E-state index contributed by atoms with van der Waals surface area (Å²) < 4.78 is 4.67. The zero-order valence-corrected chi connectivity index (χ0v) is 4.50. The number of hydrogen-bond acceptors (Lipinski definition) is 3. The Hall–Kier alpha value is -0.860. The summed E-state index contributed by atoms with van der Waals surface area (Å²) in [4.78, 5) is 0. The summed E-state index contributed by atoms with van der Waals surface area (Å²) >= 11 is 0. The minimum absolute atomic E-state index is 0.806. The van der Waals surface area contributed by atoms with E-state index in [9.17, 15) is 0 Å². The van der Waals surface area contributed by atoms with Crippen LogP contribution >= 0.6 is 0 Å². The lowest BCUT2D eigenvalue weighted by molar-refractivity contribution is 0.362. The van der Waals surface area contributed by atoms with Crippen LogP contribution in [-0.2, 0) is 6.42 Å². The Kier molecular flexibility index (Phi) is 1.62. The summed E-state index contributed by atoms with van der Waals surface area (Å²) in [5.41, 5.74) is 0. The van der Waals surface area contributed by atoms with Crippen LogP contribution in [0.3, 0.4) is 0 Å². The highest BCUT2D eigenvalue weighted by Crippen LogP contribution is 1.96. The molecule has 0 saturated heterocycles. The molecule has 0 spiro atoms. The molecule has 0 unspecified atom stereocenters. The smallest absolute Gasteiger partial charge is 0.157 e. The maximum absolute atomic E-state index is 4.67. The Morgan fingerprint density at radius 2 is 2.62 bits per heavy atom. The first-order chi connectivity index (χ1) is 3.93. The van der Waals surface area contributed by atoms with Crippen molar-refractivity contribution in [3.63, 3.8) is 0 Å². The number of aromatic nitrogens is 2. The lowest BCUT2D eigenvalue weighted by atomic mass is 10.3. The molecule has 43 valence electrons. The minimum atomic E-state index is 0.806. The molecule has 3 nitrogen and oxygen atoms in total. The van der Waals surface area contributed by atoms with Crippen molar-refractivity contribution >= 4 is 0 Å². The highest BCUT2D eigenvalue weighted by atomic mass is 16.5. The van der Waals surface area contributed by atoms with Crippen LogP contribution in [0.4, 0.5) is 0 Å². The molecule has 0 amide bonds. The zero-order valence-electron chi connectivity index (χ0n) is 4.50. The van der Waals surface area contributed by atoms with E-state index < -0.39 is 0 Å². The molecule has 0 bridgehead atoms. The fourth-order valence-corrected chi connectivity index (χ4v) is 0.472. The maximum Gasteiger partial charge on any atom is 0.157 e. The Bertz CT molecular complexity index is 136. The molecule has 1 aromatic rings. The van der Waals surface area contributed by atoms with E-state index in [4.69, 9.17) is 0 Å². The Labute approximate surface area is 47.7 Å². The monoisotopic (exact) mass is 111 g/mol. The van der Waals surface area contributed by atoms with Gasteiger partial charge in [-0.2, -0.15) is 0 Å². The van der Waals surface area contributed by atoms with Gasteiger partial charge in [-0.1, -0.05) is 6.92 Å². The molecule has 1 aromatic heterocycles. The topological polar surface area (TPSA) is 38.9 Å².